The quantitative estimate of drug-likeness (QED) is 0.842. The van der Waals surface area contributed by atoms with Crippen LogP contribution < -0.4 is 5.32 Å². The van der Waals surface area contributed by atoms with E-state index in [1.54, 1.807) is 23.9 Å². The van der Waals surface area contributed by atoms with Crippen LogP contribution in [0.3, 0.4) is 0 Å². The van der Waals surface area contributed by atoms with E-state index in [4.69, 9.17) is 4.42 Å². The lowest BCUT2D eigenvalue weighted by atomic mass is 10.3. The molecule has 3 nitrogen and oxygen atoms in total. The molecule has 0 fully saturated rings. The van der Waals surface area contributed by atoms with Gasteiger partial charge >= 0.3 is 0 Å². The molecule has 2 aromatic heterocycles. The smallest absolute Gasteiger partial charge is 0.126 e. The molecule has 14 heavy (non-hydrogen) atoms. The molecule has 0 saturated heterocycles. The lowest BCUT2D eigenvalue weighted by Crippen LogP contribution is -2.12. The average Bonchev–Trinajstić information content (AvgIpc) is 2.86. The van der Waals surface area contributed by atoms with Gasteiger partial charge in [0.25, 0.3) is 0 Å². The molecule has 0 spiro atoms. The molecule has 74 valence electrons. The summed E-state index contributed by atoms with van der Waals surface area (Å²) in [5, 5.41) is 6.24. The number of rotatable bonds is 3. The van der Waals surface area contributed by atoms with E-state index in [0.29, 0.717) is 6.04 Å². The Bertz CT molecular complexity index is 394. The average molecular weight is 208 g/mol. The van der Waals surface area contributed by atoms with E-state index in [-0.39, 0.29) is 0 Å². The van der Waals surface area contributed by atoms with E-state index < -0.39 is 0 Å². The van der Waals surface area contributed by atoms with Gasteiger partial charge in [-0.2, -0.15) is 0 Å². The lowest BCUT2D eigenvalue weighted by molar-refractivity contribution is 0.568. The topological polar surface area (TPSA) is 38.1 Å². The highest BCUT2D eigenvalue weighted by Gasteiger charge is 2.09. The number of nitrogens with zero attached hydrogens (tertiary/aromatic N) is 1. The largest absolute Gasteiger partial charge is 0.472 e. The molecule has 4 heteroatoms. The van der Waals surface area contributed by atoms with Crippen molar-refractivity contribution in [1.29, 1.82) is 0 Å². The van der Waals surface area contributed by atoms with Crippen LogP contribution in [0.2, 0.25) is 0 Å². The van der Waals surface area contributed by atoms with Crippen molar-refractivity contribution in [3.63, 3.8) is 0 Å². The summed E-state index contributed by atoms with van der Waals surface area (Å²) in [6.07, 6.45) is 3.38. The second-order valence-corrected chi connectivity index (χ2v) is 3.96. The van der Waals surface area contributed by atoms with Crippen LogP contribution in [0.15, 0.2) is 28.4 Å². The Morgan fingerprint density at radius 3 is 3.07 bits per heavy atom. The third-order valence-electron chi connectivity index (χ3n) is 2.17. The molecule has 2 rings (SSSR count). The van der Waals surface area contributed by atoms with E-state index in [2.05, 4.69) is 22.6 Å². The van der Waals surface area contributed by atoms with Crippen LogP contribution in [0, 0.1) is 0 Å². The first-order valence-corrected chi connectivity index (χ1v) is 5.34. The van der Waals surface area contributed by atoms with Crippen molar-refractivity contribution in [3.05, 3.63) is 29.7 Å². The molecule has 2 heterocycles. The van der Waals surface area contributed by atoms with Crippen LogP contribution in [-0.4, -0.2) is 12.0 Å². The van der Waals surface area contributed by atoms with Crippen molar-refractivity contribution in [2.45, 2.75) is 13.0 Å². The number of nitrogens with one attached hydrogen (secondary N) is 1. The highest BCUT2D eigenvalue weighted by Crippen LogP contribution is 2.26. The maximum Gasteiger partial charge on any atom is 0.126 e. The maximum absolute atomic E-state index is 5.02. The fourth-order valence-electron chi connectivity index (χ4n) is 1.15. The number of aromatic nitrogens is 1. The zero-order valence-corrected chi connectivity index (χ0v) is 8.97. The third-order valence-corrected chi connectivity index (χ3v) is 3.08. The maximum atomic E-state index is 5.02. The van der Waals surface area contributed by atoms with Crippen LogP contribution in [0.1, 0.15) is 18.7 Å². The molecule has 2 aromatic rings. The molecular weight excluding hydrogens is 196 g/mol. The second kappa shape index (κ2) is 3.94. The first-order chi connectivity index (χ1) is 6.81. The SMILES string of the molecule is CNC(C)c1csc(-c2ccoc2)n1. The van der Waals surface area contributed by atoms with Crippen LogP contribution in [0.4, 0.5) is 0 Å². The zero-order chi connectivity index (χ0) is 9.97. The van der Waals surface area contributed by atoms with Gasteiger partial charge in [0.15, 0.2) is 0 Å². The molecule has 0 bridgehead atoms. The van der Waals surface area contributed by atoms with Crippen LogP contribution in [0.25, 0.3) is 10.6 Å². The number of thiazole rings is 1. The molecular formula is C10H12N2OS. The summed E-state index contributed by atoms with van der Waals surface area (Å²) in [5.41, 5.74) is 2.12. The predicted octanol–water partition coefficient (Wildman–Crippen LogP) is 2.68. The van der Waals surface area contributed by atoms with Crippen molar-refractivity contribution in [1.82, 2.24) is 10.3 Å². The molecule has 0 aliphatic rings. The Morgan fingerprint density at radius 2 is 2.43 bits per heavy atom. The summed E-state index contributed by atoms with van der Waals surface area (Å²) in [4.78, 5) is 4.52. The fraction of sp³-hybridized carbons (Fsp3) is 0.300. The molecule has 0 aromatic carbocycles. The van der Waals surface area contributed by atoms with Crippen molar-refractivity contribution in [3.8, 4) is 10.6 Å². The van der Waals surface area contributed by atoms with Gasteiger partial charge in [-0.15, -0.1) is 11.3 Å². The van der Waals surface area contributed by atoms with Gasteiger partial charge in [-0.25, -0.2) is 4.98 Å². The van der Waals surface area contributed by atoms with E-state index in [1.165, 1.54) is 0 Å². The Balaban J connectivity index is 2.26. The summed E-state index contributed by atoms with van der Waals surface area (Å²) >= 11 is 1.64. The van der Waals surface area contributed by atoms with Crippen LogP contribution >= 0.6 is 11.3 Å². The predicted molar refractivity (Wildman–Crippen MR) is 57.3 cm³/mol. The molecule has 0 saturated carbocycles. The minimum absolute atomic E-state index is 0.298. The summed E-state index contributed by atoms with van der Waals surface area (Å²) in [5.74, 6) is 0. The van der Waals surface area contributed by atoms with E-state index in [0.717, 1.165) is 16.3 Å². The van der Waals surface area contributed by atoms with E-state index >= 15 is 0 Å². The minimum atomic E-state index is 0.298. The number of hydrogen-bond donors (Lipinski definition) is 1. The fourth-order valence-corrected chi connectivity index (χ4v) is 2.05. The third kappa shape index (κ3) is 1.71. The molecule has 1 atom stereocenters. The number of hydrogen-bond acceptors (Lipinski definition) is 4. The summed E-state index contributed by atoms with van der Waals surface area (Å²) in [6.45, 7) is 2.09. The molecule has 0 aliphatic carbocycles. The van der Waals surface area contributed by atoms with Crippen LogP contribution in [0.5, 0.6) is 0 Å². The van der Waals surface area contributed by atoms with Crippen molar-refractivity contribution in [2.75, 3.05) is 7.05 Å². The van der Waals surface area contributed by atoms with Crippen molar-refractivity contribution in [2.24, 2.45) is 0 Å². The first kappa shape index (κ1) is 9.43. The van der Waals surface area contributed by atoms with Crippen molar-refractivity contribution >= 4 is 11.3 Å². The number of furan rings is 1. The molecule has 0 radical (unpaired) electrons. The van der Waals surface area contributed by atoms with Gasteiger partial charge in [0.2, 0.25) is 0 Å². The molecule has 1 unspecified atom stereocenters. The summed E-state index contributed by atoms with van der Waals surface area (Å²) < 4.78 is 5.02. The molecule has 0 amide bonds. The van der Waals surface area contributed by atoms with Crippen molar-refractivity contribution < 1.29 is 4.42 Å². The monoisotopic (exact) mass is 208 g/mol. The first-order valence-electron chi connectivity index (χ1n) is 4.46. The van der Waals surface area contributed by atoms with Crippen LogP contribution in [-0.2, 0) is 0 Å². The van der Waals surface area contributed by atoms with Gasteiger partial charge in [0.05, 0.1) is 12.0 Å². The Hall–Kier alpha value is -1.13. The Kier molecular flexibility index (Phi) is 2.65. The van der Waals surface area contributed by atoms with Gasteiger partial charge in [-0.3, -0.25) is 0 Å². The minimum Gasteiger partial charge on any atom is -0.472 e. The Morgan fingerprint density at radius 1 is 1.57 bits per heavy atom. The van der Waals surface area contributed by atoms with Gasteiger partial charge < -0.3 is 9.73 Å². The zero-order valence-electron chi connectivity index (χ0n) is 8.15. The highest BCUT2D eigenvalue weighted by atomic mass is 32.1. The normalized spacial score (nSPS) is 13.0. The molecule has 1 N–H and O–H groups in total. The lowest BCUT2D eigenvalue weighted by Gasteiger charge is -2.04. The standard InChI is InChI=1S/C10H12N2OS/c1-7(11-2)9-6-14-10(12-9)8-3-4-13-5-8/h3-7,11H,1-2H3. The van der Waals surface area contributed by atoms with Gasteiger partial charge in [0.1, 0.15) is 11.3 Å². The van der Waals surface area contributed by atoms with E-state index in [9.17, 15) is 0 Å². The summed E-state index contributed by atoms with van der Waals surface area (Å²) in [6, 6.07) is 2.22. The summed E-state index contributed by atoms with van der Waals surface area (Å²) in [7, 11) is 1.93. The highest BCUT2D eigenvalue weighted by molar-refractivity contribution is 7.13. The van der Waals surface area contributed by atoms with Gasteiger partial charge in [-0.05, 0) is 20.0 Å². The second-order valence-electron chi connectivity index (χ2n) is 3.10. The van der Waals surface area contributed by atoms with E-state index in [1.807, 2.05) is 13.1 Å². The molecule has 0 aliphatic heterocycles. The Labute approximate surface area is 86.8 Å². The van der Waals surface area contributed by atoms with Gasteiger partial charge in [0, 0.05) is 17.0 Å². The van der Waals surface area contributed by atoms with Gasteiger partial charge in [-0.1, -0.05) is 0 Å².